The van der Waals surface area contributed by atoms with E-state index in [9.17, 15) is 13.2 Å². The lowest BCUT2D eigenvalue weighted by Gasteiger charge is -2.27. The average molecular weight is 496 g/mol. The van der Waals surface area contributed by atoms with Gasteiger partial charge in [-0.3, -0.25) is 0 Å². The number of ether oxygens (including phenoxy) is 2. The van der Waals surface area contributed by atoms with Crippen LogP contribution in [0.5, 0.6) is 11.5 Å². The SMILES string of the molecule is CC(C)Oc1cccc(-c2ccc(S(=O)(=O)NC3CCCc4c(OCC(=O)O)cccc43)cc2)c1. The van der Waals surface area contributed by atoms with Crippen LogP contribution in [-0.2, 0) is 21.2 Å². The summed E-state index contributed by atoms with van der Waals surface area (Å²) >= 11 is 0. The van der Waals surface area contributed by atoms with Gasteiger partial charge in [0.05, 0.1) is 11.0 Å². The molecule has 0 heterocycles. The van der Waals surface area contributed by atoms with Crippen molar-refractivity contribution in [1.82, 2.24) is 4.72 Å². The van der Waals surface area contributed by atoms with E-state index in [0.717, 1.165) is 34.4 Å². The van der Waals surface area contributed by atoms with Crippen LogP contribution in [0, 0.1) is 0 Å². The average Bonchev–Trinajstić information content (AvgIpc) is 2.82. The Hall–Kier alpha value is -3.36. The van der Waals surface area contributed by atoms with Crippen molar-refractivity contribution < 1.29 is 27.8 Å². The minimum absolute atomic E-state index is 0.0635. The van der Waals surface area contributed by atoms with Gasteiger partial charge in [-0.15, -0.1) is 0 Å². The van der Waals surface area contributed by atoms with Crippen LogP contribution in [0.4, 0.5) is 0 Å². The summed E-state index contributed by atoms with van der Waals surface area (Å²) in [4.78, 5) is 11.1. The molecule has 0 spiro atoms. The zero-order valence-corrected chi connectivity index (χ0v) is 20.5. The first-order valence-corrected chi connectivity index (χ1v) is 13.1. The molecule has 7 nitrogen and oxygen atoms in total. The van der Waals surface area contributed by atoms with E-state index in [2.05, 4.69) is 4.72 Å². The van der Waals surface area contributed by atoms with Crippen molar-refractivity contribution in [2.75, 3.05) is 6.61 Å². The Morgan fingerprint density at radius 3 is 2.51 bits per heavy atom. The summed E-state index contributed by atoms with van der Waals surface area (Å²) in [7, 11) is -3.77. The van der Waals surface area contributed by atoms with Gasteiger partial charge in [-0.2, -0.15) is 0 Å². The molecular formula is C27H29NO6S. The number of sulfonamides is 1. The van der Waals surface area contributed by atoms with Gasteiger partial charge in [-0.25, -0.2) is 17.9 Å². The second-order valence-electron chi connectivity index (χ2n) is 8.79. The standard InChI is InChI=1S/C27H29NO6S/c1-18(2)34-21-7-3-6-20(16-21)19-12-14-22(15-13-19)35(31,32)28-25-10-4-9-24-23(25)8-5-11-26(24)33-17-27(29)30/h3,5-8,11-16,18,25,28H,4,9-10,17H2,1-2H3,(H,29,30). The number of carbonyl (C=O) groups is 1. The first-order chi connectivity index (χ1) is 16.7. The van der Waals surface area contributed by atoms with E-state index in [-0.39, 0.29) is 11.0 Å². The third kappa shape index (κ3) is 6.01. The minimum atomic E-state index is -3.77. The van der Waals surface area contributed by atoms with Gasteiger partial charge in [0.1, 0.15) is 11.5 Å². The van der Waals surface area contributed by atoms with Gasteiger partial charge in [-0.1, -0.05) is 36.4 Å². The van der Waals surface area contributed by atoms with E-state index in [1.54, 1.807) is 36.4 Å². The molecule has 0 aromatic heterocycles. The predicted molar refractivity (Wildman–Crippen MR) is 133 cm³/mol. The Labute approximate surface area is 205 Å². The zero-order chi connectivity index (χ0) is 25.0. The van der Waals surface area contributed by atoms with Crippen LogP contribution in [-0.4, -0.2) is 32.2 Å². The molecule has 1 unspecified atom stereocenters. The number of hydrogen-bond acceptors (Lipinski definition) is 5. The number of carboxylic acids is 1. The molecule has 1 aliphatic carbocycles. The Morgan fingerprint density at radius 1 is 1.06 bits per heavy atom. The highest BCUT2D eigenvalue weighted by Crippen LogP contribution is 2.36. The molecule has 2 N–H and O–H groups in total. The maximum Gasteiger partial charge on any atom is 0.341 e. The summed E-state index contributed by atoms with van der Waals surface area (Å²) in [5.41, 5.74) is 3.50. The Bertz CT molecular complexity index is 1300. The fourth-order valence-corrected chi connectivity index (χ4v) is 5.57. The molecule has 3 aromatic rings. The topological polar surface area (TPSA) is 102 Å². The molecule has 184 valence electrons. The van der Waals surface area contributed by atoms with Gasteiger partial charge in [0.25, 0.3) is 0 Å². The Kier molecular flexibility index (Phi) is 7.42. The van der Waals surface area contributed by atoms with Gasteiger partial charge in [0.2, 0.25) is 10.0 Å². The number of rotatable bonds is 9. The molecule has 8 heteroatoms. The molecule has 1 atom stereocenters. The molecule has 0 radical (unpaired) electrons. The highest BCUT2D eigenvalue weighted by Gasteiger charge is 2.27. The molecule has 3 aromatic carbocycles. The van der Waals surface area contributed by atoms with Crippen molar-refractivity contribution in [3.05, 3.63) is 77.9 Å². The van der Waals surface area contributed by atoms with E-state index < -0.39 is 28.6 Å². The molecule has 0 fully saturated rings. The maximum absolute atomic E-state index is 13.2. The van der Waals surface area contributed by atoms with Crippen LogP contribution in [0.15, 0.2) is 71.6 Å². The van der Waals surface area contributed by atoms with Gasteiger partial charge < -0.3 is 14.6 Å². The maximum atomic E-state index is 13.2. The molecule has 1 aliphatic rings. The second-order valence-corrected chi connectivity index (χ2v) is 10.5. The molecule has 0 bridgehead atoms. The smallest absolute Gasteiger partial charge is 0.341 e. The molecule has 0 saturated heterocycles. The van der Waals surface area contributed by atoms with Crippen molar-refractivity contribution in [3.63, 3.8) is 0 Å². The first kappa shape index (κ1) is 24.8. The van der Waals surface area contributed by atoms with Gasteiger partial charge in [-0.05, 0) is 85.7 Å². The fraction of sp³-hybridized carbons (Fsp3) is 0.296. The number of benzene rings is 3. The first-order valence-electron chi connectivity index (χ1n) is 11.6. The summed E-state index contributed by atoms with van der Waals surface area (Å²) in [6.07, 6.45) is 2.18. The number of carboxylic acid groups (broad SMARTS) is 1. The Balaban J connectivity index is 1.53. The summed E-state index contributed by atoms with van der Waals surface area (Å²) in [6.45, 7) is 3.49. The van der Waals surface area contributed by atoms with Crippen molar-refractivity contribution in [1.29, 1.82) is 0 Å². The summed E-state index contributed by atoms with van der Waals surface area (Å²) in [5.74, 6) is 0.193. The number of aliphatic carboxylic acids is 1. The molecule has 0 saturated carbocycles. The van der Waals surface area contributed by atoms with Crippen molar-refractivity contribution in [3.8, 4) is 22.6 Å². The Morgan fingerprint density at radius 2 is 1.80 bits per heavy atom. The molecular weight excluding hydrogens is 466 g/mol. The summed E-state index contributed by atoms with van der Waals surface area (Å²) < 4.78 is 40.4. The van der Waals surface area contributed by atoms with Crippen molar-refractivity contribution in [2.24, 2.45) is 0 Å². The highest BCUT2D eigenvalue weighted by atomic mass is 32.2. The normalized spacial score (nSPS) is 15.5. The lowest BCUT2D eigenvalue weighted by Crippen LogP contribution is -2.31. The quantitative estimate of drug-likeness (QED) is 0.435. The van der Waals surface area contributed by atoms with Crippen LogP contribution in [0.2, 0.25) is 0 Å². The van der Waals surface area contributed by atoms with E-state index in [4.69, 9.17) is 14.6 Å². The van der Waals surface area contributed by atoms with E-state index in [1.165, 1.54) is 0 Å². The van der Waals surface area contributed by atoms with Crippen molar-refractivity contribution in [2.45, 2.75) is 50.2 Å². The molecule has 0 amide bonds. The monoisotopic (exact) mass is 495 g/mol. The van der Waals surface area contributed by atoms with E-state index >= 15 is 0 Å². The molecule has 4 rings (SSSR count). The summed E-state index contributed by atoms with van der Waals surface area (Å²) in [5, 5.41) is 8.93. The zero-order valence-electron chi connectivity index (χ0n) is 19.7. The number of hydrogen-bond donors (Lipinski definition) is 2. The number of nitrogens with one attached hydrogen (secondary N) is 1. The van der Waals surface area contributed by atoms with Crippen LogP contribution < -0.4 is 14.2 Å². The lowest BCUT2D eigenvalue weighted by atomic mass is 9.87. The number of fused-ring (bicyclic) bond motifs is 1. The second kappa shape index (κ2) is 10.5. The van der Waals surface area contributed by atoms with E-state index in [0.29, 0.717) is 18.6 Å². The molecule has 35 heavy (non-hydrogen) atoms. The lowest BCUT2D eigenvalue weighted by molar-refractivity contribution is -0.139. The van der Waals surface area contributed by atoms with Gasteiger partial charge in [0, 0.05) is 6.04 Å². The van der Waals surface area contributed by atoms with Crippen LogP contribution in [0.25, 0.3) is 11.1 Å². The third-order valence-corrected chi connectivity index (χ3v) is 7.30. The fourth-order valence-electron chi connectivity index (χ4n) is 4.32. The third-order valence-electron chi connectivity index (χ3n) is 5.82. The van der Waals surface area contributed by atoms with Gasteiger partial charge in [0.15, 0.2) is 6.61 Å². The minimum Gasteiger partial charge on any atom is -0.491 e. The van der Waals surface area contributed by atoms with E-state index in [1.807, 2.05) is 44.2 Å². The van der Waals surface area contributed by atoms with Crippen LogP contribution in [0.1, 0.15) is 43.9 Å². The highest BCUT2D eigenvalue weighted by molar-refractivity contribution is 7.89. The van der Waals surface area contributed by atoms with Crippen molar-refractivity contribution >= 4 is 16.0 Å². The predicted octanol–water partition coefficient (Wildman–Crippen LogP) is 4.96. The van der Waals surface area contributed by atoms with Crippen LogP contribution in [0.3, 0.4) is 0 Å². The molecule has 0 aliphatic heterocycles. The van der Waals surface area contributed by atoms with Gasteiger partial charge >= 0.3 is 5.97 Å². The summed E-state index contributed by atoms with van der Waals surface area (Å²) in [6, 6.07) is 19.4. The van der Waals surface area contributed by atoms with Crippen LogP contribution >= 0.6 is 0 Å². The largest absolute Gasteiger partial charge is 0.491 e.